The minimum atomic E-state index is 0.433. The number of fused-ring (bicyclic) bond motifs is 1. The van der Waals surface area contributed by atoms with Crippen LogP contribution in [0.3, 0.4) is 0 Å². The molecule has 1 aliphatic rings. The van der Waals surface area contributed by atoms with E-state index in [2.05, 4.69) is 9.97 Å². The predicted octanol–water partition coefficient (Wildman–Crippen LogP) is 4.34. The molecule has 1 aromatic heterocycles. The summed E-state index contributed by atoms with van der Waals surface area (Å²) < 4.78 is 5.83. The Morgan fingerprint density at radius 1 is 1.21 bits per heavy atom. The summed E-state index contributed by atoms with van der Waals surface area (Å²) >= 11 is 9.05. The normalized spacial score (nSPS) is 13.5. The predicted molar refractivity (Wildman–Crippen MR) is 79.7 cm³/mol. The number of thioether (sulfide) groups is 2. The highest BCUT2D eigenvalue weighted by Crippen LogP contribution is 2.42. The summed E-state index contributed by atoms with van der Waals surface area (Å²) in [6.07, 6.45) is 1.90. The Hall–Kier alpha value is -1.17. The highest BCUT2D eigenvalue weighted by molar-refractivity contribution is 8.02. The highest BCUT2D eigenvalue weighted by atomic mass is 35.5. The van der Waals surface area contributed by atoms with Crippen LogP contribution >= 0.6 is 35.1 Å². The molecular formula is C13H9ClN2OS2. The van der Waals surface area contributed by atoms with Gasteiger partial charge in [-0.15, -0.1) is 0 Å². The SMILES string of the molecule is CSc1nc(Cl)c2c(n1)OC(c1ccccc1)=CS2. The number of hydrogen-bond donors (Lipinski definition) is 0. The maximum atomic E-state index is 6.13. The molecule has 96 valence electrons. The van der Waals surface area contributed by atoms with Gasteiger partial charge < -0.3 is 4.74 Å². The van der Waals surface area contributed by atoms with Crippen LogP contribution in [0.2, 0.25) is 5.15 Å². The summed E-state index contributed by atoms with van der Waals surface area (Å²) in [6, 6.07) is 9.91. The fourth-order valence-electron chi connectivity index (χ4n) is 1.62. The van der Waals surface area contributed by atoms with E-state index in [4.69, 9.17) is 16.3 Å². The minimum absolute atomic E-state index is 0.433. The lowest BCUT2D eigenvalue weighted by atomic mass is 10.2. The van der Waals surface area contributed by atoms with Gasteiger partial charge in [-0.1, -0.05) is 65.5 Å². The monoisotopic (exact) mass is 308 g/mol. The zero-order valence-electron chi connectivity index (χ0n) is 9.96. The molecule has 0 bridgehead atoms. The maximum absolute atomic E-state index is 6.13. The van der Waals surface area contributed by atoms with Crippen molar-refractivity contribution in [2.24, 2.45) is 0 Å². The van der Waals surface area contributed by atoms with E-state index in [0.29, 0.717) is 16.2 Å². The van der Waals surface area contributed by atoms with Crippen molar-refractivity contribution in [2.45, 2.75) is 10.1 Å². The van der Waals surface area contributed by atoms with Gasteiger partial charge in [0.2, 0.25) is 5.88 Å². The van der Waals surface area contributed by atoms with Gasteiger partial charge in [-0.25, -0.2) is 4.98 Å². The van der Waals surface area contributed by atoms with Crippen LogP contribution in [0.1, 0.15) is 5.56 Å². The lowest BCUT2D eigenvalue weighted by molar-refractivity contribution is 0.468. The van der Waals surface area contributed by atoms with Crippen molar-refractivity contribution in [1.82, 2.24) is 9.97 Å². The van der Waals surface area contributed by atoms with Gasteiger partial charge in [0.1, 0.15) is 10.7 Å². The molecule has 1 aliphatic heterocycles. The zero-order chi connectivity index (χ0) is 13.2. The maximum Gasteiger partial charge on any atom is 0.239 e. The molecule has 0 atom stereocenters. The van der Waals surface area contributed by atoms with Crippen LogP contribution < -0.4 is 4.74 Å². The van der Waals surface area contributed by atoms with Gasteiger partial charge in [-0.2, -0.15) is 4.98 Å². The topological polar surface area (TPSA) is 35.0 Å². The van der Waals surface area contributed by atoms with Gasteiger partial charge >= 0.3 is 0 Å². The van der Waals surface area contributed by atoms with Crippen LogP contribution in [0.25, 0.3) is 5.76 Å². The standard InChI is InChI=1S/C13H9ClN2OS2/c1-18-13-15-11(14)10-12(16-13)17-9(7-19-10)8-5-3-2-4-6-8/h2-7H,1H3. The van der Waals surface area contributed by atoms with Crippen LogP contribution in [0, 0.1) is 0 Å². The van der Waals surface area contributed by atoms with Crippen molar-refractivity contribution in [3.8, 4) is 5.88 Å². The van der Waals surface area contributed by atoms with Gasteiger partial charge in [0.05, 0.1) is 0 Å². The average Bonchev–Trinajstić information content (AvgIpc) is 2.47. The fourth-order valence-corrected chi connectivity index (χ4v) is 3.06. The molecule has 0 unspecified atom stereocenters. The van der Waals surface area contributed by atoms with Crippen molar-refractivity contribution in [3.63, 3.8) is 0 Å². The summed E-state index contributed by atoms with van der Waals surface area (Å²) in [5, 5.41) is 2.97. The molecule has 2 heterocycles. The molecule has 3 nitrogen and oxygen atoms in total. The third-order valence-corrected chi connectivity index (χ3v) is 4.37. The molecule has 2 aromatic rings. The van der Waals surface area contributed by atoms with E-state index in [1.807, 2.05) is 42.0 Å². The van der Waals surface area contributed by atoms with Crippen molar-refractivity contribution in [3.05, 3.63) is 46.5 Å². The van der Waals surface area contributed by atoms with Crippen molar-refractivity contribution in [2.75, 3.05) is 6.26 Å². The molecular weight excluding hydrogens is 300 g/mol. The first-order chi connectivity index (χ1) is 9.28. The first kappa shape index (κ1) is 12.8. The molecule has 0 saturated carbocycles. The molecule has 6 heteroatoms. The van der Waals surface area contributed by atoms with Crippen LogP contribution in [0.5, 0.6) is 5.88 Å². The second-order valence-corrected chi connectivity index (χ2v) is 5.71. The van der Waals surface area contributed by atoms with Crippen LogP contribution in [-0.4, -0.2) is 16.2 Å². The first-order valence-electron chi connectivity index (χ1n) is 5.49. The second kappa shape index (κ2) is 5.45. The van der Waals surface area contributed by atoms with Gasteiger partial charge in [0, 0.05) is 11.0 Å². The number of ether oxygens (including phenoxy) is 1. The molecule has 0 N–H and O–H groups in total. The van der Waals surface area contributed by atoms with Gasteiger partial charge in [-0.3, -0.25) is 0 Å². The minimum Gasteiger partial charge on any atom is -0.436 e. The van der Waals surface area contributed by atoms with Gasteiger partial charge in [0.25, 0.3) is 0 Å². The number of rotatable bonds is 2. The Labute approximate surface area is 124 Å². The van der Waals surface area contributed by atoms with E-state index in [-0.39, 0.29) is 0 Å². The van der Waals surface area contributed by atoms with Crippen LogP contribution in [-0.2, 0) is 0 Å². The molecule has 19 heavy (non-hydrogen) atoms. The number of benzene rings is 1. The van der Waals surface area contributed by atoms with E-state index >= 15 is 0 Å². The number of aromatic nitrogens is 2. The Morgan fingerprint density at radius 3 is 2.74 bits per heavy atom. The zero-order valence-corrected chi connectivity index (χ0v) is 12.4. The van der Waals surface area contributed by atoms with E-state index in [1.54, 1.807) is 0 Å². The molecule has 3 rings (SSSR count). The second-order valence-electron chi connectivity index (χ2n) is 3.70. The van der Waals surface area contributed by atoms with Crippen molar-refractivity contribution >= 4 is 40.9 Å². The fraction of sp³-hybridized carbons (Fsp3) is 0.0769. The highest BCUT2D eigenvalue weighted by Gasteiger charge is 2.21. The smallest absolute Gasteiger partial charge is 0.239 e. The van der Waals surface area contributed by atoms with E-state index in [0.717, 1.165) is 16.2 Å². The van der Waals surface area contributed by atoms with Crippen LogP contribution in [0.15, 0.2) is 45.8 Å². The summed E-state index contributed by atoms with van der Waals surface area (Å²) in [4.78, 5) is 9.30. The van der Waals surface area contributed by atoms with Crippen molar-refractivity contribution in [1.29, 1.82) is 0 Å². The third kappa shape index (κ3) is 2.59. The molecule has 0 fully saturated rings. The summed E-state index contributed by atoms with van der Waals surface area (Å²) in [5.41, 5.74) is 1.01. The van der Waals surface area contributed by atoms with E-state index in [1.165, 1.54) is 23.5 Å². The molecule has 0 saturated heterocycles. The van der Waals surface area contributed by atoms with Crippen molar-refractivity contribution < 1.29 is 4.74 Å². The first-order valence-corrected chi connectivity index (χ1v) is 7.98. The van der Waals surface area contributed by atoms with Gasteiger partial charge in [-0.05, 0) is 6.26 Å². The van der Waals surface area contributed by atoms with E-state index in [9.17, 15) is 0 Å². The Kier molecular flexibility index (Phi) is 3.68. The quantitative estimate of drug-likeness (QED) is 0.468. The van der Waals surface area contributed by atoms with Crippen LogP contribution in [0.4, 0.5) is 0 Å². The Morgan fingerprint density at radius 2 is 2.00 bits per heavy atom. The number of halogens is 1. The largest absolute Gasteiger partial charge is 0.436 e. The number of hydrogen-bond acceptors (Lipinski definition) is 5. The van der Waals surface area contributed by atoms with E-state index < -0.39 is 0 Å². The molecule has 0 spiro atoms. The average molecular weight is 309 g/mol. The molecule has 0 aliphatic carbocycles. The molecule has 0 amide bonds. The summed E-state index contributed by atoms with van der Waals surface area (Å²) in [6.45, 7) is 0. The lowest BCUT2D eigenvalue weighted by Crippen LogP contribution is -2.03. The Bertz CT molecular complexity index is 647. The third-order valence-electron chi connectivity index (χ3n) is 2.50. The lowest BCUT2D eigenvalue weighted by Gasteiger charge is -2.17. The number of nitrogens with zero attached hydrogens (tertiary/aromatic N) is 2. The summed E-state index contributed by atoms with van der Waals surface area (Å²) in [7, 11) is 0. The molecule has 1 aromatic carbocycles. The molecule has 0 radical (unpaired) electrons. The summed E-state index contributed by atoms with van der Waals surface area (Å²) in [5.74, 6) is 1.30. The Balaban J connectivity index is 1.98. The van der Waals surface area contributed by atoms with Gasteiger partial charge in [0.15, 0.2) is 10.3 Å².